The van der Waals surface area contributed by atoms with Crippen molar-refractivity contribution >= 4 is 22.0 Å². The average molecular weight is 322 g/mol. The van der Waals surface area contributed by atoms with Crippen molar-refractivity contribution in [2.24, 2.45) is 5.92 Å². The van der Waals surface area contributed by atoms with E-state index in [0.29, 0.717) is 30.8 Å². The van der Waals surface area contributed by atoms with E-state index < -0.39 is 10.2 Å². The Hall–Kier alpha value is 0.180. The molecule has 2 aliphatic heterocycles. The van der Waals surface area contributed by atoms with E-state index in [4.69, 9.17) is 0 Å². The highest BCUT2D eigenvalue weighted by atomic mass is 32.2. The molecular formula is C13H27N3O2S2. The van der Waals surface area contributed by atoms with Crippen molar-refractivity contribution in [2.75, 3.05) is 39.0 Å². The largest absolute Gasteiger partial charge is 0.319 e. The molecular weight excluding hydrogens is 294 g/mol. The predicted octanol–water partition coefficient (Wildman–Crippen LogP) is 0.988. The Morgan fingerprint density at radius 3 is 2.45 bits per heavy atom. The van der Waals surface area contributed by atoms with Crippen LogP contribution in [0.15, 0.2) is 0 Å². The van der Waals surface area contributed by atoms with Crippen molar-refractivity contribution in [1.82, 2.24) is 13.9 Å². The van der Waals surface area contributed by atoms with E-state index in [1.165, 1.54) is 0 Å². The third kappa shape index (κ3) is 3.50. The lowest BCUT2D eigenvalue weighted by Gasteiger charge is -2.41. The van der Waals surface area contributed by atoms with Crippen molar-refractivity contribution < 1.29 is 8.42 Å². The minimum Gasteiger partial charge on any atom is -0.319 e. The van der Waals surface area contributed by atoms with Gasteiger partial charge in [0.1, 0.15) is 0 Å². The Morgan fingerprint density at radius 2 is 1.85 bits per heavy atom. The molecule has 2 fully saturated rings. The number of nitrogens with one attached hydrogen (secondary N) is 1. The second-order valence-electron chi connectivity index (χ2n) is 5.84. The summed E-state index contributed by atoms with van der Waals surface area (Å²) in [5.74, 6) is 1.51. The summed E-state index contributed by atoms with van der Waals surface area (Å²) < 4.78 is 29.0. The molecule has 0 bridgehead atoms. The molecule has 2 heterocycles. The number of hydrogen-bond donors (Lipinski definition) is 1. The lowest BCUT2D eigenvalue weighted by Crippen LogP contribution is -2.55. The first-order valence-corrected chi connectivity index (χ1v) is 9.94. The van der Waals surface area contributed by atoms with Gasteiger partial charge in [0.05, 0.1) is 0 Å². The van der Waals surface area contributed by atoms with Crippen LogP contribution in [0.2, 0.25) is 0 Å². The lowest BCUT2D eigenvalue weighted by atomic mass is 9.98. The van der Waals surface area contributed by atoms with Crippen molar-refractivity contribution in [1.29, 1.82) is 0 Å². The molecule has 0 amide bonds. The van der Waals surface area contributed by atoms with E-state index in [1.54, 1.807) is 8.61 Å². The first-order chi connectivity index (χ1) is 9.46. The Bertz CT molecular complexity index is 408. The highest BCUT2D eigenvalue weighted by Gasteiger charge is 2.38. The molecule has 2 unspecified atom stereocenters. The van der Waals surface area contributed by atoms with Crippen molar-refractivity contribution in [3.63, 3.8) is 0 Å². The van der Waals surface area contributed by atoms with Gasteiger partial charge in [-0.2, -0.15) is 28.8 Å². The molecule has 0 saturated carbocycles. The molecule has 0 radical (unpaired) electrons. The van der Waals surface area contributed by atoms with Crippen LogP contribution in [-0.2, 0) is 10.2 Å². The minimum absolute atomic E-state index is 0.0915. The van der Waals surface area contributed by atoms with E-state index in [1.807, 2.05) is 25.7 Å². The molecule has 5 nitrogen and oxygen atoms in total. The van der Waals surface area contributed by atoms with Crippen LogP contribution in [0.4, 0.5) is 0 Å². The Balaban J connectivity index is 2.00. The zero-order chi connectivity index (χ0) is 14.8. The number of thioether (sulfide) groups is 1. The van der Waals surface area contributed by atoms with Gasteiger partial charge in [0.15, 0.2) is 0 Å². The highest BCUT2D eigenvalue weighted by molar-refractivity contribution is 8.00. The van der Waals surface area contributed by atoms with Crippen LogP contribution in [-0.4, -0.2) is 67.3 Å². The first-order valence-electron chi connectivity index (χ1n) is 7.50. The second-order valence-corrected chi connectivity index (χ2v) is 9.20. The Kier molecular flexibility index (Phi) is 5.76. The summed E-state index contributed by atoms with van der Waals surface area (Å²) in [6.45, 7) is 7.12. The molecule has 0 aromatic carbocycles. The molecule has 20 heavy (non-hydrogen) atoms. The molecule has 0 aliphatic carbocycles. The van der Waals surface area contributed by atoms with E-state index in [9.17, 15) is 8.42 Å². The smallest absolute Gasteiger partial charge is 0.282 e. The highest BCUT2D eigenvalue weighted by Crippen LogP contribution is 2.29. The summed E-state index contributed by atoms with van der Waals surface area (Å²) in [4.78, 5) is 0. The molecule has 118 valence electrons. The second kappa shape index (κ2) is 6.96. The Labute approximate surface area is 127 Å². The molecule has 1 N–H and O–H groups in total. The predicted molar refractivity (Wildman–Crippen MR) is 85.2 cm³/mol. The zero-order valence-electron chi connectivity index (χ0n) is 12.7. The summed E-state index contributed by atoms with van der Waals surface area (Å²) >= 11 is 1.87. The summed E-state index contributed by atoms with van der Waals surface area (Å²) in [7, 11) is -1.32. The van der Waals surface area contributed by atoms with Gasteiger partial charge in [0.25, 0.3) is 10.2 Å². The van der Waals surface area contributed by atoms with Gasteiger partial charge in [-0.3, -0.25) is 0 Å². The molecule has 2 saturated heterocycles. The van der Waals surface area contributed by atoms with Crippen LogP contribution in [0, 0.1) is 5.92 Å². The van der Waals surface area contributed by atoms with Gasteiger partial charge in [0.2, 0.25) is 0 Å². The minimum atomic E-state index is -3.27. The molecule has 0 aromatic rings. The topological polar surface area (TPSA) is 52.7 Å². The van der Waals surface area contributed by atoms with Gasteiger partial charge < -0.3 is 5.32 Å². The van der Waals surface area contributed by atoms with Crippen molar-refractivity contribution in [3.8, 4) is 0 Å². The van der Waals surface area contributed by atoms with Crippen LogP contribution < -0.4 is 5.32 Å². The number of rotatable bonds is 4. The third-order valence-corrected chi connectivity index (χ3v) is 7.98. The van der Waals surface area contributed by atoms with E-state index >= 15 is 0 Å². The van der Waals surface area contributed by atoms with E-state index in [2.05, 4.69) is 12.2 Å². The average Bonchev–Trinajstić information content (AvgIpc) is 2.42. The van der Waals surface area contributed by atoms with E-state index in [0.717, 1.165) is 25.1 Å². The fourth-order valence-corrected chi connectivity index (χ4v) is 6.20. The third-order valence-electron chi connectivity index (χ3n) is 4.51. The normalized spacial score (nSPS) is 31.6. The van der Waals surface area contributed by atoms with Crippen molar-refractivity contribution in [2.45, 2.75) is 38.0 Å². The molecule has 0 spiro atoms. The van der Waals surface area contributed by atoms with Crippen LogP contribution in [0.5, 0.6) is 0 Å². The van der Waals surface area contributed by atoms with Crippen LogP contribution in [0.3, 0.4) is 0 Å². The quantitative estimate of drug-likeness (QED) is 0.839. The molecule has 7 heteroatoms. The number of piperidine rings is 1. The molecule has 0 aromatic heterocycles. The van der Waals surface area contributed by atoms with Gasteiger partial charge in [-0.25, -0.2) is 0 Å². The molecule has 2 aliphatic rings. The van der Waals surface area contributed by atoms with Crippen molar-refractivity contribution in [3.05, 3.63) is 0 Å². The van der Waals surface area contributed by atoms with Crippen LogP contribution in [0.1, 0.15) is 26.7 Å². The fourth-order valence-electron chi connectivity index (χ4n) is 3.01. The standard InChI is InChI=1S/C13H27N3O2S2/c1-11-12(2)19-9-8-16(11)20(17,18)15-6-4-13(5-7-15)10-14-3/h11-14H,4-10H2,1-3H3. The maximum Gasteiger partial charge on any atom is 0.282 e. The molecule has 2 atom stereocenters. The fraction of sp³-hybridized carbons (Fsp3) is 1.00. The van der Waals surface area contributed by atoms with Gasteiger partial charge in [0, 0.05) is 36.7 Å². The van der Waals surface area contributed by atoms with Gasteiger partial charge in [-0.15, -0.1) is 0 Å². The summed E-state index contributed by atoms with van der Waals surface area (Å²) in [6, 6.07) is 0.0915. The van der Waals surface area contributed by atoms with Gasteiger partial charge in [-0.05, 0) is 39.3 Å². The number of nitrogens with zero attached hydrogens (tertiary/aromatic N) is 2. The summed E-state index contributed by atoms with van der Waals surface area (Å²) in [6.07, 6.45) is 1.93. The lowest BCUT2D eigenvalue weighted by molar-refractivity contribution is 0.239. The van der Waals surface area contributed by atoms with Crippen LogP contribution in [0.25, 0.3) is 0 Å². The summed E-state index contributed by atoms with van der Waals surface area (Å²) in [5.41, 5.74) is 0. The maximum absolute atomic E-state index is 12.8. The first kappa shape index (κ1) is 16.5. The Morgan fingerprint density at radius 1 is 1.20 bits per heavy atom. The summed E-state index contributed by atoms with van der Waals surface area (Å²) in [5, 5.41) is 3.56. The SMILES string of the molecule is CNCC1CCN(S(=O)(=O)N2CCSC(C)C2C)CC1. The van der Waals surface area contributed by atoms with Gasteiger partial charge >= 0.3 is 0 Å². The zero-order valence-corrected chi connectivity index (χ0v) is 14.3. The number of hydrogen-bond acceptors (Lipinski definition) is 4. The van der Waals surface area contributed by atoms with Crippen LogP contribution >= 0.6 is 11.8 Å². The van der Waals surface area contributed by atoms with Gasteiger partial charge in [-0.1, -0.05) is 6.92 Å². The molecule has 2 rings (SSSR count). The maximum atomic E-state index is 12.8. The monoisotopic (exact) mass is 321 g/mol. The van der Waals surface area contributed by atoms with E-state index in [-0.39, 0.29) is 6.04 Å².